The van der Waals surface area contributed by atoms with Crippen LogP contribution >= 0.6 is 11.8 Å². The molecule has 0 saturated carbocycles. The molecule has 24 heavy (non-hydrogen) atoms. The van der Waals surface area contributed by atoms with Crippen molar-refractivity contribution >= 4 is 29.3 Å². The number of hydrogen-bond acceptors (Lipinski definition) is 4. The highest BCUT2D eigenvalue weighted by molar-refractivity contribution is 8.02. The van der Waals surface area contributed by atoms with E-state index < -0.39 is 30.1 Å². The fourth-order valence-electron chi connectivity index (χ4n) is 1.63. The Balaban J connectivity index is 1.76. The van der Waals surface area contributed by atoms with Gasteiger partial charge in [-0.05, 0) is 29.7 Å². The van der Waals surface area contributed by atoms with Crippen molar-refractivity contribution in [3.8, 4) is 0 Å². The molecule has 7 heteroatoms. The van der Waals surface area contributed by atoms with Crippen LogP contribution in [0.3, 0.4) is 0 Å². The van der Waals surface area contributed by atoms with Crippen LogP contribution in [0.25, 0.3) is 0 Å². The average Bonchev–Trinajstić information content (AvgIpc) is 2.57. The molecule has 124 valence electrons. The SMILES string of the molecule is O=C(COC(=O)/C=C/Sc1ccccc1)Nc1cc(F)ccc1F. The average molecular weight is 349 g/mol. The number of anilines is 1. The fourth-order valence-corrected chi connectivity index (χ4v) is 2.28. The standard InChI is InChI=1S/C17H13F2NO3S/c18-12-6-7-14(19)15(10-12)20-16(21)11-23-17(22)8-9-24-13-4-2-1-3-5-13/h1-10H,11H2,(H,20,21)/b9-8+. The van der Waals surface area contributed by atoms with Gasteiger partial charge in [-0.3, -0.25) is 4.79 Å². The molecule has 2 aromatic rings. The number of rotatable bonds is 6. The number of thioether (sulfide) groups is 1. The first-order valence-corrected chi connectivity index (χ1v) is 7.72. The van der Waals surface area contributed by atoms with Crippen molar-refractivity contribution < 1.29 is 23.1 Å². The van der Waals surface area contributed by atoms with E-state index in [1.807, 2.05) is 30.3 Å². The Hall–Kier alpha value is -2.67. The van der Waals surface area contributed by atoms with Gasteiger partial charge >= 0.3 is 5.97 Å². The molecule has 0 aliphatic carbocycles. The van der Waals surface area contributed by atoms with Gasteiger partial charge in [0.15, 0.2) is 6.61 Å². The summed E-state index contributed by atoms with van der Waals surface area (Å²) in [6.07, 6.45) is 1.17. The maximum Gasteiger partial charge on any atom is 0.331 e. The third-order valence-electron chi connectivity index (χ3n) is 2.70. The summed E-state index contributed by atoms with van der Waals surface area (Å²) in [5, 5.41) is 3.66. The van der Waals surface area contributed by atoms with E-state index in [1.54, 1.807) is 0 Å². The monoisotopic (exact) mass is 349 g/mol. The third kappa shape index (κ3) is 5.85. The summed E-state index contributed by atoms with van der Waals surface area (Å²) in [5.41, 5.74) is -0.314. The molecule has 0 spiro atoms. The highest BCUT2D eigenvalue weighted by Gasteiger charge is 2.09. The van der Waals surface area contributed by atoms with Crippen molar-refractivity contribution in [3.63, 3.8) is 0 Å². The van der Waals surface area contributed by atoms with E-state index >= 15 is 0 Å². The molecule has 1 amide bonds. The van der Waals surface area contributed by atoms with Gasteiger partial charge in [-0.1, -0.05) is 30.0 Å². The van der Waals surface area contributed by atoms with E-state index in [2.05, 4.69) is 5.32 Å². The van der Waals surface area contributed by atoms with Gasteiger partial charge < -0.3 is 10.1 Å². The molecule has 0 aliphatic rings. The lowest BCUT2D eigenvalue weighted by Gasteiger charge is -2.06. The van der Waals surface area contributed by atoms with Crippen LogP contribution in [0.5, 0.6) is 0 Å². The molecule has 1 N–H and O–H groups in total. The molecule has 2 aromatic carbocycles. The predicted molar refractivity (Wildman–Crippen MR) is 87.4 cm³/mol. The Morgan fingerprint density at radius 3 is 2.62 bits per heavy atom. The third-order valence-corrected chi connectivity index (χ3v) is 3.52. The number of halogens is 2. The summed E-state index contributed by atoms with van der Waals surface area (Å²) in [6.45, 7) is -0.602. The molecule has 0 aliphatic heterocycles. The molecule has 2 rings (SSSR count). The van der Waals surface area contributed by atoms with Gasteiger partial charge in [-0.2, -0.15) is 0 Å². The van der Waals surface area contributed by atoms with Crippen LogP contribution in [-0.2, 0) is 14.3 Å². The Labute approximate surface area is 141 Å². The Kier molecular flexibility index (Phi) is 6.51. The highest BCUT2D eigenvalue weighted by atomic mass is 32.2. The molecule has 0 heterocycles. The minimum atomic E-state index is -0.782. The summed E-state index contributed by atoms with van der Waals surface area (Å²) >= 11 is 1.32. The quantitative estimate of drug-likeness (QED) is 0.490. The number of esters is 1. The lowest BCUT2D eigenvalue weighted by molar-refractivity contribution is -0.142. The number of hydrogen-bond donors (Lipinski definition) is 1. The molecular formula is C17H13F2NO3S. The molecule has 0 fully saturated rings. The van der Waals surface area contributed by atoms with Gasteiger partial charge in [-0.25, -0.2) is 13.6 Å². The maximum absolute atomic E-state index is 13.4. The summed E-state index contributed by atoms with van der Waals surface area (Å²) in [4.78, 5) is 24.0. The van der Waals surface area contributed by atoms with E-state index in [0.717, 1.165) is 23.1 Å². The number of ether oxygens (including phenoxy) is 1. The number of nitrogens with one attached hydrogen (secondary N) is 1. The first kappa shape index (κ1) is 17.7. The lowest BCUT2D eigenvalue weighted by atomic mass is 10.3. The van der Waals surface area contributed by atoms with Gasteiger partial charge in [0.1, 0.15) is 11.6 Å². The number of carbonyl (C=O) groups is 2. The summed E-state index contributed by atoms with van der Waals surface area (Å²) in [5.74, 6) is -2.95. The Morgan fingerprint density at radius 2 is 1.88 bits per heavy atom. The first-order chi connectivity index (χ1) is 11.5. The van der Waals surface area contributed by atoms with E-state index in [-0.39, 0.29) is 5.69 Å². The van der Waals surface area contributed by atoms with Crippen molar-refractivity contribution in [2.45, 2.75) is 4.90 Å². The summed E-state index contributed by atoms with van der Waals surface area (Å²) in [7, 11) is 0. The van der Waals surface area contributed by atoms with Crippen molar-refractivity contribution in [1.82, 2.24) is 0 Å². The van der Waals surface area contributed by atoms with E-state index in [0.29, 0.717) is 0 Å². The second-order valence-corrected chi connectivity index (χ2v) is 5.49. The molecule has 0 radical (unpaired) electrons. The van der Waals surface area contributed by atoms with Gasteiger partial charge in [0.2, 0.25) is 0 Å². The second-order valence-electron chi connectivity index (χ2n) is 4.51. The minimum Gasteiger partial charge on any atom is -0.452 e. The van der Waals surface area contributed by atoms with Crippen LogP contribution in [0, 0.1) is 11.6 Å². The van der Waals surface area contributed by atoms with Crippen LogP contribution in [-0.4, -0.2) is 18.5 Å². The molecule has 0 bridgehead atoms. The normalized spacial score (nSPS) is 10.6. The van der Waals surface area contributed by atoms with Crippen molar-refractivity contribution in [3.05, 3.63) is 71.6 Å². The number of carbonyl (C=O) groups excluding carboxylic acids is 2. The van der Waals surface area contributed by atoms with E-state index in [1.165, 1.54) is 23.2 Å². The largest absolute Gasteiger partial charge is 0.452 e. The van der Waals surface area contributed by atoms with Gasteiger partial charge in [-0.15, -0.1) is 0 Å². The predicted octanol–water partition coefficient (Wildman–Crippen LogP) is 3.75. The van der Waals surface area contributed by atoms with Crippen LogP contribution in [0.1, 0.15) is 0 Å². The van der Waals surface area contributed by atoms with Gasteiger partial charge in [0, 0.05) is 17.0 Å². The van der Waals surface area contributed by atoms with Crippen molar-refractivity contribution in [2.24, 2.45) is 0 Å². The first-order valence-electron chi connectivity index (χ1n) is 6.84. The smallest absolute Gasteiger partial charge is 0.331 e. The topological polar surface area (TPSA) is 55.4 Å². The van der Waals surface area contributed by atoms with Crippen LogP contribution in [0.2, 0.25) is 0 Å². The highest BCUT2D eigenvalue weighted by Crippen LogP contribution is 2.18. The maximum atomic E-state index is 13.4. The molecule has 4 nitrogen and oxygen atoms in total. The molecule has 0 unspecified atom stereocenters. The van der Waals surface area contributed by atoms with Crippen LogP contribution < -0.4 is 5.32 Å². The Bertz CT molecular complexity index is 751. The molecule has 0 aromatic heterocycles. The summed E-state index contributed by atoms with van der Waals surface area (Å²) in [6, 6.07) is 12.0. The molecule has 0 saturated heterocycles. The zero-order valence-electron chi connectivity index (χ0n) is 12.4. The van der Waals surface area contributed by atoms with Crippen LogP contribution in [0.4, 0.5) is 14.5 Å². The van der Waals surface area contributed by atoms with Gasteiger partial charge in [0.05, 0.1) is 5.69 Å². The lowest BCUT2D eigenvalue weighted by Crippen LogP contribution is -2.20. The van der Waals surface area contributed by atoms with E-state index in [4.69, 9.17) is 4.74 Å². The van der Waals surface area contributed by atoms with Crippen molar-refractivity contribution in [2.75, 3.05) is 11.9 Å². The second kappa shape index (κ2) is 8.83. The fraction of sp³-hybridized carbons (Fsp3) is 0.0588. The molecule has 0 atom stereocenters. The van der Waals surface area contributed by atoms with Gasteiger partial charge in [0.25, 0.3) is 5.91 Å². The van der Waals surface area contributed by atoms with Crippen LogP contribution in [0.15, 0.2) is 64.9 Å². The minimum absolute atomic E-state index is 0.314. The summed E-state index contributed by atoms with van der Waals surface area (Å²) < 4.78 is 31.0. The number of amides is 1. The molecular weight excluding hydrogens is 336 g/mol. The van der Waals surface area contributed by atoms with E-state index in [9.17, 15) is 18.4 Å². The zero-order chi connectivity index (χ0) is 17.4. The van der Waals surface area contributed by atoms with Crippen molar-refractivity contribution in [1.29, 1.82) is 0 Å². The Morgan fingerprint density at radius 1 is 1.12 bits per heavy atom. The number of benzene rings is 2. The zero-order valence-corrected chi connectivity index (χ0v) is 13.2.